The lowest BCUT2D eigenvalue weighted by atomic mass is 10.1. The van der Waals surface area contributed by atoms with E-state index in [0.29, 0.717) is 11.4 Å². The fourth-order valence-corrected chi connectivity index (χ4v) is 2.20. The number of benzene rings is 2. The van der Waals surface area contributed by atoms with Crippen molar-refractivity contribution in [3.05, 3.63) is 64.2 Å². The van der Waals surface area contributed by atoms with E-state index >= 15 is 0 Å². The molecule has 0 fully saturated rings. The van der Waals surface area contributed by atoms with Gasteiger partial charge in [0.05, 0.1) is 4.92 Å². The molecule has 140 valence electrons. The predicted octanol–water partition coefficient (Wildman–Crippen LogP) is 2.31. The first-order valence-corrected chi connectivity index (χ1v) is 8.00. The normalized spacial score (nSPS) is 11.2. The maximum Gasteiger partial charge on any atom is 0.270 e. The Kier molecular flexibility index (Phi) is 6.21. The summed E-state index contributed by atoms with van der Waals surface area (Å²) in [5.41, 5.74) is 0.959. The van der Waals surface area contributed by atoms with Crippen molar-refractivity contribution in [3.8, 4) is 0 Å². The van der Waals surface area contributed by atoms with Gasteiger partial charge in [0.25, 0.3) is 11.6 Å². The summed E-state index contributed by atoms with van der Waals surface area (Å²) in [6, 6.07) is 10.8. The molecule has 3 amide bonds. The number of rotatable bonds is 6. The number of nitrogens with one attached hydrogen (secondary N) is 3. The fraction of sp³-hybridized carbons (Fsp3) is 0.167. The smallest absolute Gasteiger partial charge is 0.270 e. The van der Waals surface area contributed by atoms with Gasteiger partial charge in [-0.25, -0.2) is 0 Å². The molecule has 0 heterocycles. The minimum Gasteiger partial charge on any atom is -0.341 e. The molecule has 27 heavy (non-hydrogen) atoms. The van der Waals surface area contributed by atoms with E-state index in [-0.39, 0.29) is 17.2 Å². The third kappa shape index (κ3) is 5.63. The number of carbonyl (C=O) groups is 3. The largest absolute Gasteiger partial charge is 0.341 e. The van der Waals surface area contributed by atoms with Crippen LogP contribution in [0.5, 0.6) is 0 Å². The summed E-state index contributed by atoms with van der Waals surface area (Å²) in [5.74, 6) is -1.26. The first-order chi connectivity index (χ1) is 12.8. The van der Waals surface area contributed by atoms with Crippen molar-refractivity contribution < 1.29 is 19.3 Å². The van der Waals surface area contributed by atoms with Gasteiger partial charge in [0.15, 0.2) is 0 Å². The van der Waals surface area contributed by atoms with Crippen molar-refractivity contribution in [2.75, 3.05) is 10.6 Å². The lowest BCUT2D eigenvalue weighted by molar-refractivity contribution is -0.384. The van der Waals surface area contributed by atoms with Crippen molar-refractivity contribution in [1.29, 1.82) is 0 Å². The Labute approximate surface area is 154 Å². The van der Waals surface area contributed by atoms with Gasteiger partial charge in [-0.1, -0.05) is 6.07 Å². The highest BCUT2D eigenvalue weighted by atomic mass is 16.6. The van der Waals surface area contributed by atoms with Crippen LogP contribution >= 0.6 is 0 Å². The molecule has 2 aromatic rings. The van der Waals surface area contributed by atoms with Crippen LogP contribution in [-0.2, 0) is 9.59 Å². The topological polar surface area (TPSA) is 130 Å². The third-order valence-corrected chi connectivity index (χ3v) is 3.53. The summed E-state index contributed by atoms with van der Waals surface area (Å²) in [6.07, 6.45) is 0. The molecule has 2 rings (SSSR count). The molecular weight excluding hydrogens is 352 g/mol. The number of non-ortho nitro benzene ring substituents is 1. The van der Waals surface area contributed by atoms with Crippen molar-refractivity contribution in [1.82, 2.24) is 5.32 Å². The summed E-state index contributed by atoms with van der Waals surface area (Å²) < 4.78 is 0. The first-order valence-electron chi connectivity index (χ1n) is 8.00. The summed E-state index contributed by atoms with van der Waals surface area (Å²) in [7, 11) is 0. The second-order valence-corrected chi connectivity index (χ2v) is 5.75. The number of nitro benzene ring substituents is 1. The van der Waals surface area contributed by atoms with Crippen molar-refractivity contribution >= 4 is 34.8 Å². The molecule has 0 saturated carbocycles. The van der Waals surface area contributed by atoms with Crippen LogP contribution in [-0.4, -0.2) is 28.7 Å². The van der Waals surface area contributed by atoms with Gasteiger partial charge in [-0.2, -0.15) is 0 Å². The number of hydrogen-bond donors (Lipinski definition) is 3. The highest BCUT2D eigenvalue weighted by molar-refractivity contribution is 6.01. The molecule has 0 aliphatic carbocycles. The van der Waals surface area contributed by atoms with Crippen LogP contribution in [0.2, 0.25) is 0 Å². The van der Waals surface area contributed by atoms with E-state index in [2.05, 4.69) is 16.0 Å². The average molecular weight is 370 g/mol. The Balaban J connectivity index is 1.96. The Hall–Kier alpha value is -3.75. The molecule has 9 heteroatoms. The molecule has 0 aromatic heterocycles. The quantitative estimate of drug-likeness (QED) is 0.530. The van der Waals surface area contributed by atoms with E-state index in [0.717, 1.165) is 6.07 Å². The SMILES string of the molecule is CC(=O)Nc1ccc(NC(=O)[C@H](C)NC(=O)c2cccc([N+](=O)[O-])c2)cc1. The van der Waals surface area contributed by atoms with E-state index in [4.69, 9.17) is 0 Å². The van der Waals surface area contributed by atoms with Crippen LogP contribution in [0.15, 0.2) is 48.5 Å². The average Bonchev–Trinajstić information content (AvgIpc) is 2.62. The Morgan fingerprint density at radius 3 is 2.15 bits per heavy atom. The van der Waals surface area contributed by atoms with Crippen LogP contribution in [0.4, 0.5) is 17.1 Å². The highest BCUT2D eigenvalue weighted by Crippen LogP contribution is 2.15. The van der Waals surface area contributed by atoms with Gasteiger partial charge in [-0.05, 0) is 37.3 Å². The molecule has 9 nitrogen and oxygen atoms in total. The van der Waals surface area contributed by atoms with E-state index in [9.17, 15) is 24.5 Å². The molecule has 0 aliphatic heterocycles. The van der Waals surface area contributed by atoms with E-state index in [1.54, 1.807) is 24.3 Å². The van der Waals surface area contributed by atoms with Crippen LogP contribution < -0.4 is 16.0 Å². The summed E-state index contributed by atoms with van der Waals surface area (Å²) in [4.78, 5) is 45.6. The standard InChI is InChI=1S/C18H18N4O5/c1-11(19-18(25)13-4-3-5-16(10-13)22(26)27)17(24)21-15-8-6-14(7-9-15)20-12(2)23/h3-11H,1-2H3,(H,19,25)(H,20,23)(H,21,24)/t11-/m0/s1. The number of nitrogens with zero attached hydrogens (tertiary/aromatic N) is 1. The third-order valence-electron chi connectivity index (χ3n) is 3.53. The van der Waals surface area contributed by atoms with Gasteiger partial charge in [-0.3, -0.25) is 24.5 Å². The number of carbonyl (C=O) groups excluding carboxylic acids is 3. The Morgan fingerprint density at radius 2 is 1.59 bits per heavy atom. The van der Waals surface area contributed by atoms with Crippen LogP contribution in [0.25, 0.3) is 0 Å². The Morgan fingerprint density at radius 1 is 1.00 bits per heavy atom. The zero-order valence-electron chi connectivity index (χ0n) is 14.7. The molecule has 3 N–H and O–H groups in total. The second kappa shape index (κ2) is 8.56. The maximum atomic E-state index is 12.2. The van der Waals surface area contributed by atoms with Gasteiger partial charge in [0, 0.05) is 36.0 Å². The van der Waals surface area contributed by atoms with Gasteiger partial charge in [0.1, 0.15) is 6.04 Å². The molecule has 0 radical (unpaired) electrons. The molecule has 1 atom stereocenters. The van der Waals surface area contributed by atoms with E-state index in [1.807, 2.05) is 0 Å². The zero-order valence-corrected chi connectivity index (χ0v) is 14.7. The maximum absolute atomic E-state index is 12.2. The number of amides is 3. The second-order valence-electron chi connectivity index (χ2n) is 5.75. The fourth-order valence-electron chi connectivity index (χ4n) is 2.20. The molecule has 0 saturated heterocycles. The number of nitro groups is 1. The van der Waals surface area contributed by atoms with Crippen LogP contribution in [0, 0.1) is 10.1 Å². The number of hydrogen-bond acceptors (Lipinski definition) is 5. The van der Waals surface area contributed by atoms with Gasteiger partial charge in [0.2, 0.25) is 11.8 Å². The number of anilines is 2. The zero-order chi connectivity index (χ0) is 20.0. The van der Waals surface area contributed by atoms with Gasteiger partial charge in [-0.15, -0.1) is 0 Å². The predicted molar refractivity (Wildman–Crippen MR) is 99.4 cm³/mol. The molecule has 0 unspecified atom stereocenters. The minimum atomic E-state index is -0.869. The van der Waals surface area contributed by atoms with Crippen LogP contribution in [0.3, 0.4) is 0 Å². The van der Waals surface area contributed by atoms with Crippen molar-refractivity contribution in [2.45, 2.75) is 19.9 Å². The first kappa shape index (κ1) is 19.6. The monoisotopic (exact) mass is 370 g/mol. The van der Waals surface area contributed by atoms with E-state index < -0.39 is 22.8 Å². The molecular formula is C18H18N4O5. The molecule has 0 spiro atoms. The lowest BCUT2D eigenvalue weighted by Gasteiger charge is -2.14. The van der Waals surface area contributed by atoms with Crippen molar-refractivity contribution in [2.24, 2.45) is 0 Å². The Bertz CT molecular complexity index is 880. The summed E-state index contributed by atoms with van der Waals surface area (Å²) >= 11 is 0. The summed E-state index contributed by atoms with van der Waals surface area (Å²) in [5, 5.41) is 18.5. The highest BCUT2D eigenvalue weighted by Gasteiger charge is 2.18. The van der Waals surface area contributed by atoms with Crippen molar-refractivity contribution in [3.63, 3.8) is 0 Å². The molecule has 0 aliphatic rings. The molecule has 2 aromatic carbocycles. The van der Waals surface area contributed by atoms with E-state index in [1.165, 1.54) is 32.0 Å². The van der Waals surface area contributed by atoms with Gasteiger partial charge < -0.3 is 16.0 Å². The molecule has 0 bridgehead atoms. The minimum absolute atomic E-state index is 0.0866. The lowest BCUT2D eigenvalue weighted by Crippen LogP contribution is -2.41. The van der Waals surface area contributed by atoms with Crippen LogP contribution in [0.1, 0.15) is 24.2 Å². The summed E-state index contributed by atoms with van der Waals surface area (Å²) in [6.45, 7) is 2.89. The van der Waals surface area contributed by atoms with Gasteiger partial charge >= 0.3 is 0 Å².